The van der Waals surface area contributed by atoms with Gasteiger partial charge in [0.05, 0.1) is 18.5 Å². The van der Waals surface area contributed by atoms with Crippen LogP contribution >= 0.6 is 15.9 Å². The average molecular weight is 488 g/mol. The van der Waals surface area contributed by atoms with Crippen molar-refractivity contribution in [1.29, 1.82) is 0 Å². The average Bonchev–Trinajstić information content (AvgIpc) is 2.80. The maximum atomic E-state index is 12.8. The normalized spacial score (nSPS) is 10.7. The monoisotopic (exact) mass is 487 g/mol. The molecule has 0 bridgehead atoms. The van der Waals surface area contributed by atoms with Crippen LogP contribution in [0.4, 0.5) is 5.69 Å². The molecule has 1 aromatic heterocycles. The van der Waals surface area contributed by atoms with Gasteiger partial charge in [0.25, 0.3) is 0 Å². The first-order valence-corrected chi connectivity index (χ1v) is 11.1. The van der Waals surface area contributed by atoms with Gasteiger partial charge in [0.2, 0.25) is 11.8 Å². The molecule has 0 aliphatic heterocycles. The highest BCUT2D eigenvalue weighted by atomic mass is 79.9. The van der Waals surface area contributed by atoms with Gasteiger partial charge in [-0.1, -0.05) is 64.5 Å². The third-order valence-electron chi connectivity index (χ3n) is 5.17. The van der Waals surface area contributed by atoms with Gasteiger partial charge in [-0.3, -0.25) is 14.6 Å². The molecular weight excluding hydrogens is 466 g/mol. The number of para-hydroxylation sites is 1. The molecule has 0 aliphatic rings. The number of carbonyl (C=O) groups excluding carboxylic acids is 2. The van der Waals surface area contributed by atoms with Crippen molar-refractivity contribution in [3.05, 3.63) is 94.6 Å². The lowest BCUT2D eigenvalue weighted by atomic mass is 9.92. The number of pyridine rings is 1. The predicted molar refractivity (Wildman–Crippen MR) is 131 cm³/mol. The van der Waals surface area contributed by atoms with Crippen LogP contribution in [0.25, 0.3) is 22.0 Å². The highest BCUT2D eigenvalue weighted by Crippen LogP contribution is 2.33. The van der Waals surface area contributed by atoms with Crippen molar-refractivity contribution in [3.8, 4) is 11.1 Å². The summed E-state index contributed by atoms with van der Waals surface area (Å²) in [7, 11) is 0. The van der Waals surface area contributed by atoms with Crippen LogP contribution in [-0.2, 0) is 16.0 Å². The molecule has 1 heterocycles. The maximum absolute atomic E-state index is 12.8. The number of halogens is 1. The summed E-state index contributed by atoms with van der Waals surface area (Å²) >= 11 is 3.36. The number of nitrogens with zero attached hydrogens (tertiary/aromatic N) is 1. The molecule has 5 nitrogen and oxygen atoms in total. The van der Waals surface area contributed by atoms with Crippen molar-refractivity contribution < 1.29 is 9.59 Å². The SMILES string of the molecule is Cc1nc2ccccc2c(-c2ccccc2)c1CC(=O)NCC(=O)Nc1ccc(Br)cc1. The zero-order valence-corrected chi connectivity index (χ0v) is 19.1. The second kappa shape index (κ2) is 9.75. The zero-order chi connectivity index (χ0) is 22.5. The number of benzene rings is 3. The van der Waals surface area contributed by atoms with Crippen LogP contribution < -0.4 is 10.6 Å². The number of hydrogen-bond acceptors (Lipinski definition) is 3. The smallest absolute Gasteiger partial charge is 0.243 e. The number of fused-ring (bicyclic) bond motifs is 1. The number of hydrogen-bond donors (Lipinski definition) is 2. The van der Waals surface area contributed by atoms with Crippen molar-refractivity contribution in [2.24, 2.45) is 0 Å². The molecule has 2 N–H and O–H groups in total. The van der Waals surface area contributed by atoms with Crippen molar-refractivity contribution >= 4 is 44.3 Å². The van der Waals surface area contributed by atoms with E-state index in [1.165, 1.54) is 0 Å². The first-order chi connectivity index (χ1) is 15.5. The number of amides is 2. The van der Waals surface area contributed by atoms with E-state index >= 15 is 0 Å². The molecule has 32 heavy (non-hydrogen) atoms. The fourth-order valence-electron chi connectivity index (χ4n) is 3.67. The first-order valence-electron chi connectivity index (χ1n) is 10.3. The van der Waals surface area contributed by atoms with Gasteiger partial charge in [-0.15, -0.1) is 0 Å². The van der Waals surface area contributed by atoms with E-state index in [0.29, 0.717) is 5.69 Å². The molecule has 2 amide bonds. The minimum atomic E-state index is -0.280. The molecule has 160 valence electrons. The predicted octanol–water partition coefficient (Wildman–Crippen LogP) is 5.27. The van der Waals surface area contributed by atoms with Crippen LogP contribution in [0, 0.1) is 6.92 Å². The molecule has 0 atom stereocenters. The number of nitrogens with one attached hydrogen (secondary N) is 2. The Labute approximate surface area is 195 Å². The molecular formula is C26H22BrN3O2. The van der Waals surface area contributed by atoms with Gasteiger partial charge in [0, 0.05) is 21.2 Å². The van der Waals surface area contributed by atoms with Gasteiger partial charge in [-0.25, -0.2) is 0 Å². The number of aryl methyl sites for hydroxylation is 1. The summed E-state index contributed by atoms with van der Waals surface area (Å²) in [5, 5.41) is 6.50. The number of aromatic nitrogens is 1. The lowest BCUT2D eigenvalue weighted by molar-refractivity contribution is -0.123. The molecule has 4 aromatic rings. The van der Waals surface area contributed by atoms with Crippen LogP contribution in [0.1, 0.15) is 11.3 Å². The van der Waals surface area contributed by atoms with Gasteiger partial charge in [-0.05, 0) is 53.9 Å². The van der Waals surface area contributed by atoms with Crippen LogP contribution in [0.15, 0.2) is 83.3 Å². The molecule has 3 aromatic carbocycles. The first kappa shape index (κ1) is 21.7. The Balaban J connectivity index is 1.53. The standard InChI is InChI=1S/C26H22BrN3O2/c1-17-22(15-24(31)28-16-25(32)30-20-13-11-19(27)12-14-20)26(18-7-3-2-4-8-18)21-9-5-6-10-23(21)29-17/h2-14H,15-16H2,1H3,(H,28,31)(H,30,32). The number of anilines is 1. The molecule has 0 saturated heterocycles. The Morgan fingerprint density at radius 2 is 1.56 bits per heavy atom. The van der Waals surface area contributed by atoms with Gasteiger partial charge >= 0.3 is 0 Å². The van der Waals surface area contributed by atoms with Gasteiger partial charge in [0.15, 0.2) is 0 Å². The fourth-order valence-corrected chi connectivity index (χ4v) is 3.93. The Hall–Kier alpha value is -3.51. The zero-order valence-electron chi connectivity index (χ0n) is 17.6. The van der Waals surface area contributed by atoms with Crippen LogP contribution in [-0.4, -0.2) is 23.3 Å². The lowest BCUT2D eigenvalue weighted by Crippen LogP contribution is -2.34. The quantitative estimate of drug-likeness (QED) is 0.389. The van der Waals surface area contributed by atoms with Crippen molar-refractivity contribution in [3.63, 3.8) is 0 Å². The Kier molecular flexibility index (Phi) is 6.61. The number of rotatable bonds is 6. The van der Waals surface area contributed by atoms with Crippen molar-refractivity contribution in [2.45, 2.75) is 13.3 Å². The highest BCUT2D eigenvalue weighted by molar-refractivity contribution is 9.10. The van der Waals surface area contributed by atoms with Gasteiger partial charge in [0.1, 0.15) is 0 Å². The molecule has 0 aliphatic carbocycles. The molecule has 0 fully saturated rings. The van der Waals surface area contributed by atoms with Crippen LogP contribution in [0.3, 0.4) is 0 Å². The molecule has 0 unspecified atom stereocenters. The molecule has 4 rings (SSSR count). The third-order valence-corrected chi connectivity index (χ3v) is 5.70. The van der Waals surface area contributed by atoms with Crippen molar-refractivity contribution in [2.75, 3.05) is 11.9 Å². The largest absolute Gasteiger partial charge is 0.347 e. The van der Waals surface area contributed by atoms with Crippen LogP contribution in [0.2, 0.25) is 0 Å². The van der Waals surface area contributed by atoms with E-state index < -0.39 is 0 Å². The van der Waals surface area contributed by atoms with E-state index in [9.17, 15) is 9.59 Å². The van der Waals surface area contributed by atoms with E-state index in [-0.39, 0.29) is 24.8 Å². The summed E-state index contributed by atoms with van der Waals surface area (Å²) in [5.74, 6) is -0.509. The van der Waals surface area contributed by atoms with Crippen LogP contribution in [0.5, 0.6) is 0 Å². The summed E-state index contributed by atoms with van der Waals surface area (Å²) in [6, 6.07) is 25.2. The molecule has 6 heteroatoms. The number of carbonyl (C=O) groups is 2. The minimum Gasteiger partial charge on any atom is -0.347 e. The van der Waals surface area contributed by atoms with E-state index in [2.05, 4.69) is 26.6 Å². The fraction of sp³-hybridized carbons (Fsp3) is 0.115. The van der Waals surface area contributed by atoms with Gasteiger partial charge < -0.3 is 10.6 Å². The lowest BCUT2D eigenvalue weighted by Gasteiger charge is -2.16. The van der Waals surface area contributed by atoms with E-state index in [4.69, 9.17) is 4.98 Å². The second-order valence-corrected chi connectivity index (χ2v) is 8.36. The Morgan fingerprint density at radius 3 is 2.31 bits per heavy atom. The Bertz CT molecular complexity index is 1270. The Morgan fingerprint density at radius 1 is 0.875 bits per heavy atom. The minimum absolute atomic E-state index is 0.102. The molecule has 0 radical (unpaired) electrons. The van der Waals surface area contributed by atoms with Gasteiger partial charge in [-0.2, -0.15) is 0 Å². The summed E-state index contributed by atoms with van der Waals surface area (Å²) in [4.78, 5) is 29.7. The summed E-state index contributed by atoms with van der Waals surface area (Å²) in [5.41, 5.74) is 5.26. The van der Waals surface area contributed by atoms with Crippen molar-refractivity contribution in [1.82, 2.24) is 10.3 Å². The third kappa shape index (κ3) is 5.03. The maximum Gasteiger partial charge on any atom is 0.243 e. The van der Waals surface area contributed by atoms with E-state index in [1.54, 1.807) is 12.1 Å². The molecule has 0 saturated carbocycles. The topological polar surface area (TPSA) is 71.1 Å². The summed E-state index contributed by atoms with van der Waals surface area (Å²) in [6.07, 6.45) is 0.138. The van der Waals surface area contributed by atoms with E-state index in [1.807, 2.05) is 73.7 Å². The molecule has 0 spiro atoms. The second-order valence-electron chi connectivity index (χ2n) is 7.44. The summed E-state index contributed by atoms with van der Waals surface area (Å²) in [6.45, 7) is 1.82. The summed E-state index contributed by atoms with van der Waals surface area (Å²) < 4.78 is 0.928. The highest BCUT2D eigenvalue weighted by Gasteiger charge is 2.17. The van der Waals surface area contributed by atoms with E-state index in [0.717, 1.165) is 37.8 Å².